The van der Waals surface area contributed by atoms with E-state index in [0.29, 0.717) is 11.1 Å². The number of allylic oxidation sites excluding steroid dienone is 1. The number of benzene rings is 1. The Labute approximate surface area is 82.4 Å². The quantitative estimate of drug-likeness (QED) is 0.591. The molecule has 0 saturated heterocycles. The summed E-state index contributed by atoms with van der Waals surface area (Å²) in [6, 6.07) is 4.99. The average Bonchev–Trinajstić information content (AvgIpc) is 2.16. The van der Waals surface area contributed by atoms with Gasteiger partial charge in [0.15, 0.2) is 0 Å². The molecule has 14 heavy (non-hydrogen) atoms. The van der Waals surface area contributed by atoms with E-state index in [4.69, 9.17) is 0 Å². The second kappa shape index (κ2) is 3.91. The van der Waals surface area contributed by atoms with Gasteiger partial charge >= 0.3 is 0 Å². The predicted molar refractivity (Wildman–Crippen MR) is 57.4 cm³/mol. The van der Waals surface area contributed by atoms with Crippen molar-refractivity contribution < 1.29 is 4.92 Å². The Balaban J connectivity index is 3.31. The summed E-state index contributed by atoms with van der Waals surface area (Å²) in [4.78, 5) is 10.3. The third-order valence-corrected chi connectivity index (χ3v) is 1.94. The van der Waals surface area contributed by atoms with Crippen LogP contribution in [-0.2, 0) is 0 Å². The Morgan fingerprint density at radius 3 is 2.64 bits per heavy atom. The highest BCUT2D eigenvalue weighted by Gasteiger charge is 2.14. The minimum atomic E-state index is -0.398. The maximum atomic E-state index is 10.7. The highest BCUT2D eigenvalue weighted by molar-refractivity contribution is 5.72. The summed E-state index contributed by atoms with van der Waals surface area (Å²) in [5, 5.41) is 13.6. The van der Waals surface area contributed by atoms with Gasteiger partial charge in [0.2, 0.25) is 0 Å². The molecular formula is C10H12N2O2. The lowest BCUT2D eigenvalue weighted by Crippen LogP contribution is -1.96. The zero-order valence-electron chi connectivity index (χ0n) is 8.20. The summed E-state index contributed by atoms with van der Waals surface area (Å²) < 4.78 is 0. The number of nitro benzene ring substituents is 1. The summed E-state index contributed by atoms with van der Waals surface area (Å²) >= 11 is 0. The molecule has 0 aliphatic rings. The van der Waals surface area contributed by atoms with Crippen LogP contribution in [0, 0.1) is 10.1 Å². The van der Waals surface area contributed by atoms with E-state index in [1.807, 2.05) is 0 Å². The summed E-state index contributed by atoms with van der Waals surface area (Å²) in [5.41, 5.74) is 2.08. The van der Waals surface area contributed by atoms with Gasteiger partial charge in [0, 0.05) is 18.8 Å². The second-order valence-corrected chi connectivity index (χ2v) is 3.02. The van der Waals surface area contributed by atoms with Crippen molar-refractivity contribution in [2.75, 3.05) is 12.4 Å². The number of anilines is 1. The Hall–Kier alpha value is -1.84. The Morgan fingerprint density at radius 2 is 2.21 bits per heavy atom. The van der Waals surface area contributed by atoms with Gasteiger partial charge in [-0.2, -0.15) is 0 Å². The van der Waals surface area contributed by atoms with Gasteiger partial charge in [0.1, 0.15) is 0 Å². The van der Waals surface area contributed by atoms with Crippen LogP contribution in [0.3, 0.4) is 0 Å². The fourth-order valence-electron chi connectivity index (χ4n) is 1.20. The van der Waals surface area contributed by atoms with Crippen molar-refractivity contribution in [2.45, 2.75) is 6.92 Å². The van der Waals surface area contributed by atoms with Crippen molar-refractivity contribution >= 4 is 16.9 Å². The third kappa shape index (κ3) is 1.90. The summed E-state index contributed by atoms with van der Waals surface area (Å²) in [6.45, 7) is 5.45. The first kappa shape index (κ1) is 10.2. The lowest BCUT2D eigenvalue weighted by atomic mass is 10.1. The normalized spacial score (nSPS) is 9.57. The molecule has 4 nitrogen and oxygen atoms in total. The van der Waals surface area contributed by atoms with E-state index in [-0.39, 0.29) is 5.69 Å². The highest BCUT2D eigenvalue weighted by atomic mass is 16.6. The lowest BCUT2D eigenvalue weighted by molar-refractivity contribution is -0.385. The van der Waals surface area contributed by atoms with Gasteiger partial charge in [-0.1, -0.05) is 6.58 Å². The van der Waals surface area contributed by atoms with Crippen LogP contribution in [0.25, 0.3) is 5.57 Å². The average molecular weight is 192 g/mol. The van der Waals surface area contributed by atoms with E-state index < -0.39 is 4.92 Å². The van der Waals surface area contributed by atoms with E-state index in [2.05, 4.69) is 11.9 Å². The maximum Gasteiger partial charge on any atom is 0.278 e. The van der Waals surface area contributed by atoms with Crippen molar-refractivity contribution in [1.82, 2.24) is 0 Å². The number of nitrogens with zero attached hydrogens (tertiary/aromatic N) is 1. The standard InChI is InChI=1S/C10H12N2O2/c1-7(2)9-5-4-8(11-3)6-10(9)12(13)14/h4-6,11H,1H2,2-3H3. The van der Waals surface area contributed by atoms with Gasteiger partial charge in [-0.15, -0.1) is 0 Å². The highest BCUT2D eigenvalue weighted by Crippen LogP contribution is 2.27. The van der Waals surface area contributed by atoms with Crippen LogP contribution in [0.1, 0.15) is 12.5 Å². The van der Waals surface area contributed by atoms with Crippen LogP contribution in [0.15, 0.2) is 24.8 Å². The molecule has 4 heteroatoms. The topological polar surface area (TPSA) is 55.2 Å². The Morgan fingerprint density at radius 1 is 1.57 bits per heavy atom. The van der Waals surface area contributed by atoms with Crippen molar-refractivity contribution in [3.63, 3.8) is 0 Å². The van der Waals surface area contributed by atoms with Crippen molar-refractivity contribution in [3.8, 4) is 0 Å². The van der Waals surface area contributed by atoms with Crippen LogP contribution in [0.5, 0.6) is 0 Å². The maximum absolute atomic E-state index is 10.7. The van der Waals surface area contributed by atoms with Gasteiger partial charge in [-0.25, -0.2) is 0 Å². The van der Waals surface area contributed by atoms with E-state index in [9.17, 15) is 10.1 Å². The van der Waals surface area contributed by atoms with E-state index in [1.54, 1.807) is 26.1 Å². The van der Waals surface area contributed by atoms with Gasteiger partial charge in [0.05, 0.1) is 10.5 Å². The SMILES string of the molecule is C=C(C)c1ccc(NC)cc1[N+](=O)[O-]. The number of hydrogen-bond acceptors (Lipinski definition) is 3. The molecule has 0 amide bonds. The molecular weight excluding hydrogens is 180 g/mol. The molecule has 1 aromatic carbocycles. The molecule has 0 unspecified atom stereocenters. The molecule has 0 heterocycles. The van der Waals surface area contributed by atoms with Gasteiger partial charge in [-0.05, 0) is 24.6 Å². The monoisotopic (exact) mass is 192 g/mol. The first-order chi connectivity index (χ1) is 6.56. The first-order valence-corrected chi connectivity index (χ1v) is 4.18. The molecule has 1 aromatic rings. The molecule has 0 fully saturated rings. The molecule has 0 spiro atoms. The molecule has 1 rings (SSSR count). The Kier molecular flexibility index (Phi) is 2.86. The van der Waals surface area contributed by atoms with E-state index in [1.165, 1.54) is 6.07 Å². The first-order valence-electron chi connectivity index (χ1n) is 4.18. The second-order valence-electron chi connectivity index (χ2n) is 3.02. The van der Waals surface area contributed by atoms with Crippen LogP contribution in [0.2, 0.25) is 0 Å². The van der Waals surface area contributed by atoms with Crippen molar-refractivity contribution in [3.05, 3.63) is 40.5 Å². The van der Waals surface area contributed by atoms with Crippen LogP contribution in [0.4, 0.5) is 11.4 Å². The molecule has 0 radical (unpaired) electrons. The largest absolute Gasteiger partial charge is 0.388 e. The number of rotatable bonds is 3. The molecule has 0 saturated carbocycles. The lowest BCUT2D eigenvalue weighted by Gasteiger charge is -2.04. The number of hydrogen-bond donors (Lipinski definition) is 1. The van der Waals surface area contributed by atoms with Crippen LogP contribution in [-0.4, -0.2) is 12.0 Å². The summed E-state index contributed by atoms with van der Waals surface area (Å²) in [5.74, 6) is 0. The molecule has 0 aliphatic carbocycles. The third-order valence-electron chi connectivity index (χ3n) is 1.94. The molecule has 1 N–H and O–H groups in total. The zero-order chi connectivity index (χ0) is 10.7. The minimum Gasteiger partial charge on any atom is -0.388 e. The van der Waals surface area contributed by atoms with Crippen LogP contribution < -0.4 is 5.32 Å². The molecule has 0 bridgehead atoms. The summed E-state index contributed by atoms with van der Waals surface area (Å²) in [6.07, 6.45) is 0. The molecule has 74 valence electrons. The summed E-state index contributed by atoms with van der Waals surface area (Å²) in [7, 11) is 1.72. The molecule has 0 aliphatic heterocycles. The smallest absolute Gasteiger partial charge is 0.278 e. The number of nitrogens with one attached hydrogen (secondary N) is 1. The fraction of sp³-hybridized carbons (Fsp3) is 0.200. The van der Waals surface area contributed by atoms with Crippen LogP contribution >= 0.6 is 0 Å². The number of nitro groups is 1. The minimum absolute atomic E-state index is 0.0874. The molecule has 0 aromatic heterocycles. The fourth-order valence-corrected chi connectivity index (χ4v) is 1.20. The van der Waals surface area contributed by atoms with E-state index >= 15 is 0 Å². The molecule has 0 atom stereocenters. The van der Waals surface area contributed by atoms with Gasteiger partial charge in [0.25, 0.3) is 5.69 Å². The predicted octanol–water partition coefficient (Wildman–Crippen LogP) is 2.67. The van der Waals surface area contributed by atoms with Crippen molar-refractivity contribution in [2.24, 2.45) is 0 Å². The van der Waals surface area contributed by atoms with E-state index in [0.717, 1.165) is 5.69 Å². The van der Waals surface area contributed by atoms with Crippen molar-refractivity contribution in [1.29, 1.82) is 0 Å². The Bertz CT molecular complexity index is 386. The van der Waals surface area contributed by atoms with Gasteiger partial charge in [-0.3, -0.25) is 10.1 Å². The van der Waals surface area contributed by atoms with Gasteiger partial charge < -0.3 is 5.32 Å². The zero-order valence-corrected chi connectivity index (χ0v) is 8.20.